The molecule has 0 atom stereocenters. The topological polar surface area (TPSA) is 69.7 Å². The number of nitrogens with zero attached hydrogens (tertiary/aromatic N) is 1. The smallest absolute Gasteiger partial charge is 0.250 e. The molecule has 3 rings (SSSR count). The summed E-state index contributed by atoms with van der Waals surface area (Å²) < 4.78 is 17.0. The van der Waals surface area contributed by atoms with Gasteiger partial charge in [-0.1, -0.05) is 17.4 Å². The number of benzene rings is 2. The Hall–Kier alpha value is -3.06. The second-order valence-corrected chi connectivity index (χ2v) is 6.80. The summed E-state index contributed by atoms with van der Waals surface area (Å²) in [4.78, 5) is 16.7. The monoisotopic (exact) mass is 384 g/mol. The van der Waals surface area contributed by atoms with Crippen molar-refractivity contribution in [1.29, 1.82) is 0 Å². The van der Waals surface area contributed by atoms with Crippen molar-refractivity contribution < 1.29 is 19.0 Å². The molecular formula is C20H20N2O4S. The Bertz CT molecular complexity index is 985. The zero-order chi connectivity index (χ0) is 19.4. The Kier molecular flexibility index (Phi) is 5.61. The van der Waals surface area contributed by atoms with Crippen molar-refractivity contribution in [2.24, 2.45) is 0 Å². The molecule has 140 valence electrons. The molecule has 1 aromatic heterocycles. The van der Waals surface area contributed by atoms with Gasteiger partial charge >= 0.3 is 0 Å². The first-order valence-corrected chi connectivity index (χ1v) is 9.02. The number of anilines is 1. The molecule has 3 aromatic rings. The Morgan fingerprint density at radius 1 is 1.07 bits per heavy atom. The molecule has 0 spiro atoms. The molecule has 0 radical (unpaired) electrons. The number of methoxy groups -OCH3 is 3. The maximum Gasteiger partial charge on any atom is 0.250 e. The molecule has 0 aliphatic heterocycles. The van der Waals surface area contributed by atoms with Gasteiger partial charge in [-0.3, -0.25) is 10.1 Å². The number of aromatic nitrogens is 1. The van der Waals surface area contributed by atoms with Crippen molar-refractivity contribution in [1.82, 2.24) is 4.98 Å². The highest BCUT2D eigenvalue weighted by Gasteiger charge is 2.12. The number of amides is 1. The Morgan fingerprint density at radius 3 is 2.41 bits per heavy atom. The van der Waals surface area contributed by atoms with Crippen molar-refractivity contribution in [3.8, 4) is 17.2 Å². The van der Waals surface area contributed by atoms with Crippen molar-refractivity contribution in [2.75, 3.05) is 26.6 Å². The number of hydrogen-bond acceptors (Lipinski definition) is 6. The van der Waals surface area contributed by atoms with Gasteiger partial charge < -0.3 is 14.2 Å². The van der Waals surface area contributed by atoms with E-state index in [0.29, 0.717) is 22.4 Å². The van der Waals surface area contributed by atoms with E-state index in [9.17, 15) is 4.79 Å². The summed E-state index contributed by atoms with van der Waals surface area (Å²) in [7, 11) is 4.64. The van der Waals surface area contributed by atoms with Crippen LogP contribution in [-0.2, 0) is 4.79 Å². The predicted molar refractivity (Wildman–Crippen MR) is 108 cm³/mol. The number of hydrogen-bond donors (Lipinski definition) is 1. The summed E-state index contributed by atoms with van der Waals surface area (Å²) in [6.45, 7) is 2.03. The van der Waals surface area contributed by atoms with Crippen LogP contribution in [0.15, 0.2) is 36.4 Å². The summed E-state index contributed by atoms with van der Waals surface area (Å²) in [6.07, 6.45) is 3.12. The van der Waals surface area contributed by atoms with E-state index in [0.717, 1.165) is 21.3 Å². The Labute approximate surface area is 161 Å². The molecule has 0 bridgehead atoms. The first-order valence-electron chi connectivity index (χ1n) is 8.20. The van der Waals surface area contributed by atoms with E-state index in [1.54, 1.807) is 39.5 Å². The van der Waals surface area contributed by atoms with Crippen LogP contribution in [0.25, 0.3) is 16.3 Å². The third-order valence-corrected chi connectivity index (χ3v) is 4.82. The summed E-state index contributed by atoms with van der Waals surface area (Å²) in [5, 5.41) is 3.36. The molecule has 1 amide bonds. The molecule has 1 heterocycles. The van der Waals surface area contributed by atoms with Crippen molar-refractivity contribution in [3.05, 3.63) is 47.5 Å². The number of thiazole rings is 1. The average Bonchev–Trinajstić information content (AvgIpc) is 3.06. The minimum atomic E-state index is -0.264. The van der Waals surface area contributed by atoms with Gasteiger partial charge in [0.25, 0.3) is 0 Å². The zero-order valence-corrected chi connectivity index (χ0v) is 16.3. The van der Waals surface area contributed by atoms with Gasteiger partial charge in [-0.2, -0.15) is 0 Å². The van der Waals surface area contributed by atoms with Crippen LogP contribution in [0.3, 0.4) is 0 Å². The van der Waals surface area contributed by atoms with E-state index < -0.39 is 0 Å². The molecule has 0 aliphatic carbocycles. The highest BCUT2D eigenvalue weighted by molar-refractivity contribution is 7.22. The van der Waals surface area contributed by atoms with Crippen molar-refractivity contribution in [2.45, 2.75) is 6.92 Å². The van der Waals surface area contributed by atoms with Gasteiger partial charge in [0.05, 0.1) is 31.5 Å². The van der Waals surface area contributed by atoms with Crippen LogP contribution in [0.2, 0.25) is 0 Å². The van der Waals surface area contributed by atoms with Gasteiger partial charge in [0, 0.05) is 6.08 Å². The molecule has 0 unspecified atom stereocenters. The standard InChI is InChI=1S/C20H20N2O4S/c1-12-5-7-14-17(9-12)27-20(21-14)22-18(23)8-6-13-10-15(24-2)19(26-4)16(11-13)25-3/h5-11H,1-4H3,(H,21,22,23). The lowest BCUT2D eigenvalue weighted by Crippen LogP contribution is -2.07. The normalized spacial score (nSPS) is 11.0. The van der Waals surface area contributed by atoms with Crippen LogP contribution in [0.1, 0.15) is 11.1 Å². The first kappa shape index (κ1) is 18.7. The lowest BCUT2D eigenvalue weighted by molar-refractivity contribution is -0.111. The third kappa shape index (κ3) is 4.20. The molecule has 2 aromatic carbocycles. The average molecular weight is 384 g/mol. The molecule has 0 fully saturated rings. The minimum absolute atomic E-state index is 0.264. The van der Waals surface area contributed by atoms with Gasteiger partial charge in [-0.05, 0) is 48.4 Å². The van der Waals surface area contributed by atoms with Crippen LogP contribution in [0.5, 0.6) is 17.2 Å². The summed E-state index contributed by atoms with van der Waals surface area (Å²) in [5.41, 5.74) is 2.78. The van der Waals surface area contributed by atoms with E-state index in [2.05, 4.69) is 16.4 Å². The number of rotatable bonds is 6. The summed E-state index contributed by atoms with van der Waals surface area (Å²) in [6, 6.07) is 9.53. The van der Waals surface area contributed by atoms with Crippen LogP contribution in [-0.4, -0.2) is 32.2 Å². The highest BCUT2D eigenvalue weighted by Crippen LogP contribution is 2.38. The molecule has 27 heavy (non-hydrogen) atoms. The zero-order valence-electron chi connectivity index (χ0n) is 15.5. The maximum atomic E-state index is 12.2. The SMILES string of the molecule is COc1cc(C=CC(=O)Nc2nc3ccc(C)cc3s2)cc(OC)c1OC. The molecule has 6 nitrogen and oxygen atoms in total. The number of carbonyl (C=O) groups excluding carboxylic acids is 1. The van der Waals surface area contributed by atoms with Crippen molar-refractivity contribution in [3.63, 3.8) is 0 Å². The number of ether oxygens (including phenoxy) is 3. The fraction of sp³-hybridized carbons (Fsp3) is 0.200. The maximum absolute atomic E-state index is 12.2. The largest absolute Gasteiger partial charge is 0.493 e. The molecule has 0 aliphatic rings. The van der Waals surface area contributed by atoms with Crippen LogP contribution >= 0.6 is 11.3 Å². The van der Waals surface area contributed by atoms with E-state index in [1.807, 2.05) is 19.1 Å². The molecule has 0 saturated carbocycles. The fourth-order valence-corrected chi connectivity index (χ4v) is 3.57. The van der Waals surface area contributed by atoms with Gasteiger partial charge in [0.2, 0.25) is 11.7 Å². The predicted octanol–water partition coefficient (Wildman–Crippen LogP) is 4.28. The van der Waals surface area contributed by atoms with E-state index >= 15 is 0 Å². The summed E-state index contributed by atoms with van der Waals surface area (Å²) in [5.74, 6) is 1.29. The van der Waals surface area contributed by atoms with Crippen LogP contribution in [0.4, 0.5) is 5.13 Å². The quantitative estimate of drug-likeness (QED) is 0.642. The second kappa shape index (κ2) is 8.09. The molecule has 0 saturated heterocycles. The molecular weight excluding hydrogens is 364 g/mol. The van der Waals surface area contributed by atoms with Crippen molar-refractivity contribution >= 4 is 38.7 Å². The lowest BCUT2D eigenvalue weighted by Gasteiger charge is -2.12. The van der Waals surface area contributed by atoms with Gasteiger partial charge in [0.1, 0.15) is 0 Å². The van der Waals surface area contributed by atoms with Gasteiger partial charge in [-0.25, -0.2) is 4.98 Å². The minimum Gasteiger partial charge on any atom is -0.493 e. The second-order valence-electron chi connectivity index (χ2n) is 5.77. The number of aryl methyl sites for hydroxylation is 1. The lowest BCUT2D eigenvalue weighted by atomic mass is 10.1. The van der Waals surface area contributed by atoms with Crippen LogP contribution in [0, 0.1) is 6.92 Å². The fourth-order valence-electron chi connectivity index (χ4n) is 2.60. The van der Waals surface area contributed by atoms with Crippen LogP contribution < -0.4 is 19.5 Å². The number of carbonyl (C=O) groups is 1. The summed E-state index contributed by atoms with van der Waals surface area (Å²) >= 11 is 1.45. The van der Waals surface area contributed by atoms with E-state index in [-0.39, 0.29) is 5.91 Å². The first-order chi connectivity index (χ1) is 13.0. The number of fused-ring (bicyclic) bond motifs is 1. The highest BCUT2D eigenvalue weighted by atomic mass is 32.1. The number of nitrogens with one attached hydrogen (secondary N) is 1. The Morgan fingerprint density at radius 2 is 1.78 bits per heavy atom. The molecule has 1 N–H and O–H groups in total. The van der Waals surface area contributed by atoms with E-state index in [1.165, 1.54) is 17.4 Å². The Balaban J connectivity index is 1.77. The van der Waals surface area contributed by atoms with Gasteiger partial charge in [0.15, 0.2) is 16.6 Å². The van der Waals surface area contributed by atoms with E-state index in [4.69, 9.17) is 14.2 Å². The third-order valence-electron chi connectivity index (χ3n) is 3.89. The van der Waals surface area contributed by atoms with Gasteiger partial charge in [-0.15, -0.1) is 0 Å². The molecule has 7 heteroatoms.